The van der Waals surface area contributed by atoms with E-state index in [9.17, 15) is 4.79 Å². The second kappa shape index (κ2) is 7.22. The molecule has 1 aromatic rings. The van der Waals surface area contributed by atoms with E-state index in [4.69, 9.17) is 0 Å². The van der Waals surface area contributed by atoms with E-state index in [1.165, 1.54) is 0 Å². The maximum absolute atomic E-state index is 12.7. The van der Waals surface area contributed by atoms with Crippen molar-refractivity contribution in [3.8, 4) is 0 Å². The Balaban J connectivity index is 2.12. The topological polar surface area (TPSA) is 48.5 Å². The third kappa shape index (κ3) is 3.95. The Morgan fingerprint density at radius 1 is 1.38 bits per heavy atom. The number of hydrogen-bond acceptors (Lipinski definition) is 4. The lowest BCUT2D eigenvalue weighted by molar-refractivity contribution is 0.0596. The average Bonchev–Trinajstić information content (AvgIpc) is 2.48. The number of amides is 1. The molecule has 2 heterocycles. The van der Waals surface area contributed by atoms with Crippen molar-refractivity contribution in [2.45, 2.75) is 26.8 Å². The van der Waals surface area contributed by atoms with Crippen LogP contribution in [0.1, 0.15) is 31.1 Å². The molecule has 0 bridgehead atoms. The number of anilines is 1. The second-order valence-corrected chi connectivity index (χ2v) is 6.42. The molecule has 0 aliphatic carbocycles. The van der Waals surface area contributed by atoms with Crippen LogP contribution in [-0.4, -0.2) is 59.5 Å². The Bertz CT molecular complexity index is 498. The fraction of sp³-hybridized carbons (Fsp3) is 0.600. The molecule has 6 heteroatoms. The van der Waals surface area contributed by atoms with Gasteiger partial charge in [-0.25, -0.2) is 4.98 Å². The minimum absolute atomic E-state index is 0.0585. The zero-order chi connectivity index (χ0) is 15.4. The molecule has 1 saturated heterocycles. The van der Waals surface area contributed by atoms with E-state index in [1.54, 1.807) is 6.20 Å². The maximum Gasteiger partial charge on any atom is 0.257 e. The number of piperazine rings is 1. The highest BCUT2D eigenvalue weighted by Crippen LogP contribution is 2.20. The van der Waals surface area contributed by atoms with Gasteiger partial charge in [0.15, 0.2) is 0 Å². The molecule has 21 heavy (non-hydrogen) atoms. The molecular formula is C15H23BrN4O. The van der Waals surface area contributed by atoms with Crippen LogP contribution in [0.3, 0.4) is 0 Å². The van der Waals surface area contributed by atoms with Crippen molar-refractivity contribution in [1.82, 2.24) is 14.8 Å². The van der Waals surface area contributed by atoms with Crippen LogP contribution in [0.2, 0.25) is 0 Å². The van der Waals surface area contributed by atoms with Gasteiger partial charge in [-0.05, 0) is 42.8 Å². The summed E-state index contributed by atoms with van der Waals surface area (Å²) in [6.07, 6.45) is 1.71. The lowest BCUT2D eigenvalue weighted by atomic mass is 10.2. The highest BCUT2D eigenvalue weighted by molar-refractivity contribution is 9.10. The smallest absolute Gasteiger partial charge is 0.257 e. The Labute approximate surface area is 134 Å². The molecule has 1 aromatic heterocycles. The summed E-state index contributed by atoms with van der Waals surface area (Å²) < 4.78 is 0.827. The lowest BCUT2D eigenvalue weighted by Gasteiger charge is -2.37. The SMILES string of the molecule is CCNc1ncc(Br)cc1C(=O)N1CCN(C(C)C)CC1. The maximum atomic E-state index is 12.7. The highest BCUT2D eigenvalue weighted by Gasteiger charge is 2.25. The van der Waals surface area contributed by atoms with Crippen molar-refractivity contribution < 1.29 is 4.79 Å². The van der Waals surface area contributed by atoms with Gasteiger partial charge >= 0.3 is 0 Å². The molecular weight excluding hydrogens is 332 g/mol. The molecule has 0 saturated carbocycles. The van der Waals surface area contributed by atoms with E-state index in [0.29, 0.717) is 17.4 Å². The van der Waals surface area contributed by atoms with Gasteiger partial charge in [-0.2, -0.15) is 0 Å². The van der Waals surface area contributed by atoms with Crippen LogP contribution in [-0.2, 0) is 0 Å². The van der Waals surface area contributed by atoms with Gasteiger partial charge in [-0.1, -0.05) is 0 Å². The molecule has 1 N–H and O–H groups in total. The fourth-order valence-corrected chi connectivity index (χ4v) is 2.85. The first-order chi connectivity index (χ1) is 10.0. The Morgan fingerprint density at radius 2 is 2.05 bits per heavy atom. The first kappa shape index (κ1) is 16.2. The van der Waals surface area contributed by atoms with E-state index in [-0.39, 0.29) is 5.91 Å². The van der Waals surface area contributed by atoms with Crippen LogP contribution >= 0.6 is 15.9 Å². The molecule has 2 rings (SSSR count). The molecule has 116 valence electrons. The molecule has 1 fully saturated rings. The van der Waals surface area contributed by atoms with Gasteiger partial charge in [0.05, 0.1) is 5.56 Å². The number of rotatable bonds is 4. The summed E-state index contributed by atoms with van der Waals surface area (Å²) >= 11 is 3.40. The quantitative estimate of drug-likeness (QED) is 0.901. The van der Waals surface area contributed by atoms with Crippen LogP contribution in [0.5, 0.6) is 0 Å². The fourth-order valence-electron chi connectivity index (χ4n) is 2.52. The number of carbonyl (C=O) groups is 1. The van der Waals surface area contributed by atoms with Crippen molar-refractivity contribution in [2.75, 3.05) is 38.0 Å². The number of hydrogen-bond donors (Lipinski definition) is 1. The molecule has 5 nitrogen and oxygen atoms in total. The van der Waals surface area contributed by atoms with Crippen LogP contribution in [0.15, 0.2) is 16.7 Å². The number of nitrogens with one attached hydrogen (secondary N) is 1. The van der Waals surface area contributed by atoms with Crippen LogP contribution in [0.25, 0.3) is 0 Å². The lowest BCUT2D eigenvalue weighted by Crippen LogP contribution is -2.50. The summed E-state index contributed by atoms with van der Waals surface area (Å²) in [4.78, 5) is 21.4. The summed E-state index contributed by atoms with van der Waals surface area (Å²) in [7, 11) is 0. The number of halogens is 1. The molecule has 1 aliphatic rings. The van der Waals surface area contributed by atoms with Gasteiger partial charge in [-0.3, -0.25) is 9.69 Å². The zero-order valence-corrected chi connectivity index (χ0v) is 14.5. The van der Waals surface area contributed by atoms with Gasteiger partial charge in [-0.15, -0.1) is 0 Å². The number of nitrogens with zero attached hydrogens (tertiary/aromatic N) is 3. The summed E-state index contributed by atoms with van der Waals surface area (Å²) in [5, 5.41) is 3.16. The van der Waals surface area contributed by atoms with E-state index in [0.717, 1.165) is 37.2 Å². The summed E-state index contributed by atoms with van der Waals surface area (Å²) in [5.41, 5.74) is 0.643. The third-order valence-electron chi connectivity index (χ3n) is 3.76. The van der Waals surface area contributed by atoms with E-state index in [1.807, 2.05) is 17.9 Å². The third-order valence-corrected chi connectivity index (χ3v) is 4.19. The van der Waals surface area contributed by atoms with Gasteiger partial charge in [0, 0.05) is 49.4 Å². The van der Waals surface area contributed by atoms with Crippen molar-refractivity contribution in [2.24, 2.45) is 0 Å². The minimum atomic E-state index is 0.0585. The molecule has 0 radical (unpaired) electrons. The van der Waals surface area contributed by atoms with E-state index < -0.39 is 0 Å². The van der Waals surface area contributed by atoms with Gasteiger partial charge in [0.1, 0.15) is 5.82 Å². The summed E-state index contributed by atoms with van der Waals surface area (Å²) in [6, 6.07) is 2.38. The Morgan fingerprint density at radius 3 is 2.62 bits per heavy atom. The average molecular weight is 355 g/mol. The molecule has 0 unspecified atom stereocenters. The summed E-state index contributed by atoms with van der Waals surface area (Å²) in [5.74, 6) is 0.722. The number of aromatic nitrogens is 1. The Hall–Kier alpha value is -1.14. The monoisotopic (exact) mass is 354 g/mol. The second-order valence-electron chi connectivity index (χ2n) is 5.50. The number of carbonyl (C=O) groups excluding carboxylic acids is 1. The predicted octanol–water partition coefficient (Wildman–Crippen LogP) is 2.44. The molecule has 1 amide bonds. The largest absolute Gasteiger partial charge is 0.370 e. The van der Waals surface area contributed by atoms with Crippen LogP contribution in [0.4, 0.5) is 5.82 Å². The molecule has 0 spiro atoms. The van der Waals surface area contributed by atoms with Crippen molar-refractivity contribution in [3.05, 3.63) is 22.3 Å². The standard InChI is InChI=1S/C15H23BrN4O/c1-4-17-14-13(9-12(16)10-18-14)15(21)20-7-5-19(6-8-20)11(2)3/h9-11H,4-8H2,1-3H3,(H,17,18). The summed E-state index contributed by atoms with van der Waals surface area (Å²) in [6.45, 7) is 10.5. The van der Waals surface area contributed by atoms with E-state index >= 15 is 0 Å². The van der Waals surface area contributed by atoms with Gasteiger partial charge in [0.25, 0.3) is 5.91 Å². The van der Waals surface area contributed by atoms with Crippen molar-refractivity contribution in [1.29, 1.82) is 0 Å². The Kier molecular flexibility index (Phi) is 5.58. The minimum Gasteiger partial charge on any atom is -0.370 e. The number of pyridine rings is 1. The molecule has 1 aliphatic heterocycles. The van der Waals surface area contributed by atoms with Crippen LogP contribution in [0, 0.1) is 0 Å². The zero-order valence-electron chi connectivity index (χ0n) is 12.9. The van der Waals surface area contributed by atoms with Crippen molar-refractivity contribution >= 4 is 27.7 Å². The normalized spacial score (nSPS) is 16.3. The van der Waals surface area contributed by atoms with Crippen LogP contribution < -0.4 is 5.32 Å². The van der Waals surface area contributed by atoms with Gasteiger partial charge in [0.2, 0.25) is 0 Å². The molecule has 0 atom stereocenters. The van der Waals surface area contributed by atoms with Gasteiger partial charge < -0.3 is 10.2 Å². The molecule has 0 aromatic carbocycles. The first-order valence-electron chi connectivity index (χ1n) is 7.45. The highest BCUT2D eigenvalue weighted by atomic mass is 79.9. The predicted molar refractivity (Wildman–Crippen MR) is 88.7 cm³/mol. The first-order valence-corrected chi connectivity index (χ1v) is 8.25. The van der Waals surface area contributed by atoms with Crippen molar-refractivity contribution in [3.63, 3.8) is 0 Å². The van der Waals surface area contributed by atoms with E-state index in [2.05, 4.69) is 45.0 Å².